The predicted molar refractivity (Wildman–Crippen MR) is 94.5 cm³/mol. The largest absolute Gasteiger partial charge is 1.00 e. The third-order valence-electron chi connectivity index (χ3n) is 3.21. The Labute approximate surface area is 182 Å². The van der Waals surface area contributed by atoms with E-state index < -0.39 is 36.2 Å². The van der Waals surface area contributed by atoms with Crippen molar-refractivity contribution in [1.82, 2.24) is 4.90 Å². The van der Waals surface area contributed by atoms with E-state index in [1.165, 1.54) is 6.08 Å². The molecule has 0 aromatic rings. The van der Waals surface area contributed by atoms with Crippen LogP contribution < -0.4 is 34.7 Å². The van der Waals surface area contributed by atoms with E-state index in [0.29, 0.717) is 17.7 Å². The Balaban J connectivity index is 0. The minimum absolute atomic E-state index is 0. The van der Waals surface area contributed by atoms with Gasteiger partial charge in [0.1, 0.15) is 12.6 Å². The Hall–Kier alpha value is -1.70. The first-order valence-electron chi connectivity index (χ1n) is 8.51. The van der Waals surface area contributed by atoms with Gasteiger partial charge in [-0.1, -0.05) is 50.8 Å². The average molecular weight is 387 g/mol. The van der Waals surface area contributed by atoms with Crippen LogP contribution in [0.15, 0.2) is 37.0 Å². The summed E-state index contributed by atoms with van der Waals surface area (Å²) in [5.41, 5.74) is 0. The van der Waals surface area contributed by atoms with Gasteiger partial charge in [-0.05, 0) is 12.8 Å². The molecule has 0 bridgehead atoms. The maximum absolute atomic E-state index is 12.5. The number of amides is 2. The van der Waals surface area contributed by atoms with Crippen LogP contribution in [0.2, 0.25) is 0 Å². The predicted octanol–water partition coefficient (Wildman–Crippen LogP) is -1.70. The number of allylic oxidation sites excluding steroid dienone is 2. The zero-order chi connectivity index (χ0) is 19.9. The van der Waals surface area contributed by atoms with Gasteiger partial charge >= 0.3 is 35.5 Å². The topological polar surface area (TPSA) is 104 Å². The first-order valence-corrected chi connectivity index (χ1v) is 8.51. The van der Waals surface area contributed by atoms with Crippen molar-refractivity contribution in [3.8, 4) is 0 Å². The molecule has 8 heteroatoms. The molecule has 0 aliphatic carbocycles. The molecule has 0 spiro atoms. The fraction of sp³-hybridized carbons (Fsp3) is 0.474. The summed E-state index contributed by atoms with van der Waals surface area (Å²) in [6.45, 7) is 6.99. The van der Waals surface area contributed by atoms with E-state index in [1.54, 1.807) is 24.3 Å². The maximum Gasteiger partial charge on any atom is 1.00 e. The van der Waals surface area contributed by atoms with Crippen molar-refractivity contribution < 1.29 is 58.6 Å². The number of esters is 1. The molecule has 1 unspecified atom stereocenters. The van der Waals surface area contributed by atoms with Crippen molar-refractivity contribution in [2.75, 3.05) is 6.61 Å². The molecule has 27 heavy (non-hydrogen) atoms. The van der Waals surface area contributed by atoms with Crippen molar-refractivity contribution in [3.63, 3.8) is 0 Å². The number of imide groups is 1. The van der Waals surface area contributed by atoms with E-state index in [-0.39, 0.29) is 49.0 Å². The van der Waals surface area contributed by atoms with Gasteiger partial charge in [0.2, 0.25) is 11.8 Å². The monoisotopic (exact) mass is 387 g/mol. The fourth-order valence-electron chi connectivity index (χ4n) is 2.06. The van der Waals surface area contributed by atoms with Crippen LogP contribution in [0.3, 0.4) is 0 Å². The Kier molecular flexibility index (Phi) is 16.8. The van der Waals surface area contributed by atoms with Crippen LogP contribution in [0.5, 0.6) is 0 Å². The summed E-state index contributed by atoms with van der Waals surface area (Å²) in [5, 5.41) is 11.0. The van der Waals surface area contributed by atoms with Crippen LogP contribution in [0.25, 0.3) is 0 Å². The van der Waals surface area contributed by atoms with Crippen LogP contribution in [0.1, 0.15) is 46.0 Å². The van der Waals surface area contributed by atoms with Crippen LogP contribution in [-0.2, 0) is 23.9 Å². The summed E-state index contributed by atoms with van der Waals surface area (Å²) in [7, 11) is 0. The molecule has 0 aromatic carbocycles. The van der Waals surface area contributed by atoms with E-state index in [0.717, 1.165) is 0 Å². The van der Waals surface area contributed by atoms with Crippen molar-refractivity contribution in [2.24, 2.45) is 0 Å². The standard InChI is InChI=1S/C19H27NO6.Na/c1-4-7-9-11-16(21)20(17(22)12-10-8-5-2)15(14-18(23)24)19(25)26-13-6-3;/h6-10,15H,3-5,11-14H2,1-2H3,(H,23,24);/q;+1/p-1/b9-7+,10-8+;. The van der Waals surface area contributed by atoms with Crippen LogP contribution in [0.4, 0.5) is 0 Å². The second-order valence-corrected chi connectivity index (χ2v) is 5.34. The molecule has 0 radical (unpaired) electrons. The number of hydrogen-bond acceptors (Lipinski definition) is 6. The summed E-state index contributed by atoms with van der Waals surface area (Å²) in [5.74, 6) is -3.91. The first kappa shape index (κ1) is 27.5. The quantitative estimate of drug-likeness (QED) is 0.225. The second kappa shape index (κ2) is 16.5. The van der Waals surface area contributed by atoms with Gasteiger partial charge in [-0.25, -0.2) is 4.79 Å². The first-order chi connectivity index (χ1) is 12.4. The van der Waals surface area contributed by atoms with Crippen LogP contribution in [0, 0.1) is 0 Å². The second-order valence-electron chi connectivity index (χ2n) is 5.34. The van der Waals surface area contributed by atoms with Gasteiger partial charge in [-0.15, -0.1) is 0 Å². The SMILES string of the molecule is C=CCOC(=O)C(CC(=O)[O-])N(C(=O)C/C=C/CC)C(=O)C/C=C/CC.[Na+]. The molecule has 0 N–H and O–H groups in total. The maximum atomic E-state index is 12.5. The van der Waals surface area contributed by atoms with Gasteiger partial charge < -0.3 is 14.6 Å². The van der Waals surface area contributed by atoms with E-state index in [9.17, 15) is 24.3 Å². The summed E-state index contributed by atoms with van der Waals surface area (Å²) >= 11 is 0. The van der Waals surface area contributed by atoms with Gasteiger partial charge in [0.05, 0.1) is 0 Å². The Morgan fingerprint density at radius 2 is 1.48 bits per heavy atom. The minimum Gasteiger partial charge on any atom is -0.550 e. The minimum atomic E-state index is -1.58. The smallest absolute Gasteiger partial charge is 0.550 e. The molecule has 7 nitrogen and oxygen atoms in total. The molecule has 0 saturated carbocycles. The van der Waals surface area contributed by atoms with Gasteiger partial charge in [0, 0.05) is 25.2 Å². The zero-order valence-corrected chi connectivity index (χ0v) is 18.3. The number of ether oxygens (including phenoxy) is 1. The van der Waals surface area contributed by atoms with Gasteiger partial charge in [-0.3, -0.25) is 14.5 Å². The molecular weight excluding hydrogens is 361 g/mol. The number of carboxylic acid groups (broad SMARTS) is 1. The molecule has 0 heterocycles. The average Bonchev–Trinajstić information content (AvgIpc) is 2.59. The van der Waals surface area contributed by atoms with Crippen molar-refractivity contribution in [1.29, 1.82) is 0 Å². The molecule has 0 aliphatic heterocycles. The van der Waals surface area contributed by atoms with Crippen LogP contribution >= 0.6 is 0 Å². The van der Waals surface area contributed by atoms with E-state index >= 15 is 0 Å². The summed E-state index contributed by atoms with van der Waals surface area (Å²) < 4.78 is 4.86. The molecule has 0 aliphatic rings. The number of rotatable bonds is 12. The Morgan fingerprint density at radius 1 is 1.00 bits per heavy atom. The van der Waals surface area contributed by atoms with E-state index in [4.69, 9.17) is 4.74 Å². The van der Waals surface area contributed by atoms with Gasteiger partial charge in [0.25, 0.3) is 0 Å². The van der Waals surface area contributed by atoms with Crippen LogP contribution in [-0.4, -0.2) is 41.3 Å². The molecule has 144 valence electrons. The normalized spacial score (nSPS) is 11.6. The zero-order valence-electron chi connectivity index (χ0n) is 16.3. The molecular formula is C19H26NNaO6. The van der Waals surface area contributed by atoms with Gasteiger partial charge in [-0.2, -0.15) is 0 Å². The number of carbonyl (C=O) groups is 4. The molecule has 0 fully saturated rings. The van der Waals surface area contributed by atoms with E-state index in [1.807, 2.05) is 13.8 Å². The summed E-state index contributed by atoms with van der Waals surface area (Å²) in [4.78, 5) is 48.9. The number of aliphatic carboxylic acids is 1. The summed E-state index contributed by atoms with van der Waals surface area (Å²) in [6.07, 6.45) is 8.21. The number of carbonyl (C=O) groups excluding carboxylic acids is 4. The number of hydrogen-bond donors (Lipinski definition) is 0. The molecule has 0 rings (SSSR count). The fourth-order valence-corrected chi connectivity index (χ4v) is 2.06. The Bertz CT molecular complexity index is 543. The van der Waals surface area contributed by atoms with Crippen molar-refractivity contribution in [3.05, 3.63) is 37.0 Å². The molecule has 0 saturated heterocycles. The number of carboxylic acids is 1. The number of nitrogens with zero attached hydrogens (tertiary/aromatic N) is 1. The van der Waals surface area contributed by atoms with Crippen molar-refractivity contribution >= 4 is 23.8 Å². The molecule has 2 amide bonds. The summed E-state index contributed by atoms with van der Waals surface area (Å²) in [6, 6.07) is -1.58. The molecule has 1 atom stereocenters. The third-order valence-corrected chi connectivity index (χ3v) is 3.21. The van der Waals surface area contributed by atoms with Gasteiger partial charge in [0.15, 0.2) is 0 Å². The van der Waals surface area contributed by atoms with Crippen molar-refractivity contribution in [2.45, 2.75) is 52.0 Å². The third kappa shape index (κ3) is 11.6. The molecule has 0 aromatic heterocycles. The Morgan fingerprint density at radius 3 is 1.85 bits per heavy atom. The van der Waals surface area contributed by atoms with E-state index in [2.05, 4.69) is 6.58 Å².